The first kappa shape index (κ1) is 44.4. The van der Waals surface area contributed by atoms with Gasteiger partial charge in [-0.15, -0.1) is 0 Å². The Bertz CT molecular complexity index is 2910. The van der Waals surface area contributed by atoms with Crippen LogP contribution in [0, 0.1) is 16.0 Å². The molecule has 0 aliphatic carbocycles. The zero-order chi connectivity index (χ0) is 45.5. The van der Waals surface area contributed by atoms with Gasteiger partial charge in [-0.3, -0.25) is 34.5 Å². The van der Waals surface area contributed by atoms with Crippen LogP contribution in [0.25, 0.3) is 28.4 Å². The maximum Gasteiger partial charge on any atom is 0.269 e. The number of pyridine rings is 5. The third kappa shape index (κ3) is 12.3. The Kier molecular flexibility index (Phi) is 14.8. The summed E-state index contributed by atoms with van der Waals surface area (Å²) in [5.41, 5.74) is 23.3. The van der Waals surface area contributed by atoms with Crippen molar-refractivity contribution in [2.45, 2.75) is 38.6 Å². The monoisotopic (exact) mass is 873 g/mol. The zero-order valence-corrected chi connectivity index (χ0v) is 36.6. The molecule has 6 aromatic heterocycles. The highest BCUT2D eigenvalue weighted by Crippen LogP contribution is 2.28. The molecule has 1 fully saturated rings. The number of hydrogen-bond donors (Lipinski definition) is 2. The topological polar surface area (TPSA) is 181 Å². The number of aromatic nitrogens is 7. The Morgan fingerprint density at radius 1 is 0.591 bits per heavy atom. The Hall–Kier alpha value is -8.16. The van der Waals surface area contributed by atoms with Crippen molar-refractivity contribution in [1.82, 2.24) is 39.4 Å². The lowest BCUT2D eigenvalue weighted by molar-refractivity contribution is -0.384. The zero-order valence-electron chi connectivity index (χ0n) is 36.6. The minimum absolute atomic E-state index is 0.124. The molecule has 13 heteroatoms. The van der Waals surface area contributed by atoms with Crippen molar-refractivity contribution in [3.63, 3.8) is 0 Å². The number of rotatable bonds is 11. The van der Waals surface area contributed by atoms with Crippen LogP contribution in [0.2, 0.25) is 0 Å². The van der Waals surface area contributed by atoms with E-state index in [0.29, 0.717) is 11.7 Å². The van der Waals surface area contributed by atoms with Crippen LogP contribution in [-0.4, -0.2) is 57.4 Å². The number of non-ortho nitro benzene ring substituents is 1. The number of benzene rings is 3. The van der Waals surface area contributed by atoms with Crippen molar-refractivity contribution in [3.8, 4) is 17.2 Å². The molecule has 66 heavy (non-hydrogen) atoms. The molecule has 1 aliphatic heterocycles. The van der Waals surface area contributed by atoms with Crippen molar-refractivity contribution in [2.75, 3.05) is 24.6 Å². The predicted octanol–water partition coefficient (Wildman–Crippen LogP) is 9.75. The molecule has 3 aromatic carbocycles. The van der Waals surface area contributed by atoms with Crippen LogP contribution in [0.1, 0.15) is 46.2 Å². The van der Waals surface area contributed by atoms with Gasteiger partial charge in [0.2, 0.25) is 0 Å². The van der Waals surface area contributed by atoms with Gasteiger partial charge in [0.15, 0.2) is 11.5 Å². The van der Waals surface area contributed by atoms with Gasteiger partial charge >= 0.3 is 0 Å². The van der Waals surface area contributed by atoms with E-state index in [1.54, 1.807) is 36.9 Å². The molecule has 0 amide bonds. The number of likely N-dealkylation sites (tertiary alicyclic amines) is 1. The SMILES string of the molecule is Nc1cc(CN2CCC(Cc3ccc(-n4c(-c5ccccn5)nc5cccnc54)cc3)CC2)ccn1.Nc1ccc(Cc2ccncc2)cc1.O=[N+]([O-])c1ccc(Cc2ccncc2)cc1. The molecule has 13 nitrogen and oxygen atoms in total. The molecule has 0 bridgehead atoms. The highest BCUT2D eigenvalue weighted by molar-refractivity contribution is 5.79. The number of nitrogen functional groups attached to an aromatic ring is 2. The standard InChI is InChI=1S/C29H29N7.C12H10N2O2.C12H12N2/c30-27-19-23(10-15-32-27)20-35-16-11-22(12-17-35)18-21-6-8-24(9-7-21)36-28-26(5-3-14-33-28)34-29(36)25-4-1-2-13-31-25;15-14(16)12-3-1-10(2-4-12)9-11-5-7-13-8-6-11;13-12-3-1-10(2-4-12)9-11-5-7-14-8-6-11/h1-10,13-15,19,22H,11-12,16-18,20H2,(H2,30,32);1-8H,9H2;1-8H,9,13H2. The summed E-state index contributed by atoms with van der Waals surface area (Å²) in [4.78, 5) is 38.6. The summed E-state index contributed by atoms with van der Waals surface area (Å²) in [6.07, 6.45) is 17.7. The molecule has 0 radical (unpaired) electrons. The molecule has 0 saturated carbocycles. The van der Waals surface area contributed by atoms with Gasteiger partial charge in [0.25, 0.3) is 5.69 Å². The molecule has 10 rings (SSSR count). The summed E-state index contributed by atoms with van der Waals surface area (Å²) in [6, 6.07) is 45.2. The van der Waals surface area contributed by atoms with E-state index in [1.807, 2.05) is 91.4 Å². The average molecular weight is 874 g/mol. The van der Waals surface area contributed by atoms with E-state index in [-0.39, 0.29) is 5.69 Å². The van der Waals surface area contributed by atoms with Gasteiger partial charge in [-0.05, 0) is 169 Å². The number of nitrogens with zero attached hydrogens (tertiary/aromatic N) is 9. The number of piperidine rings is 1. The van der Waals surface area contributed by atoms with Crippen molar-refractivity contribution < 1.29 is 4.92 Å². The first-order valence-electron chi connectivity index (χ1n) is 22.0. The first-order chi connectivity index (χ1) is 32.3. The number of nitro benzene ring substituents is 1. The van der Waals surface area contributed by atoms with Gasteiger partial charge in [-0.1, -0.05) is 42.5 Å². The van der Waals surface area contributed by atoms with E-state index in [1.165, 1.54) is 47.2 Å². The lowest BCUT2D eigenvalue weighted by Crippen LogP contribution is -2.33. The van der Waals surface area contributed by atoms with Crippen LogP contribution in [0.4, 0.5) is 17.2 Å². The van der Waals surface area contributed by atoms with Gasteiger partial charge in [0, 0.05) is 73.4 Å². The maximum atomic E-state index is 10.5. The number of nitro groups is 1. The molecule has 0 spiro atoms. The summed E-state index contributed by atoms with van der Waals surface area (Å²) in [5.74, 6) is 2.10. The fourth-order valence-electron chi connectivity index (χ4n) is 7.98. The highest BCUT2D eigenvalue weighted by Gasteiger charge is 2.21. The van der Waals surface area contributed by atoms with Gasteiger partial charge in [0.05, 0.1) is 4.92 Å². The summed E-state index contributed by atoms with van der Waals surface area (Å²) in [5, 5.41) is 10.5. The molecule has 9 aromatic rings. The summed E-state index contributed by atoms with van der Waals surface area (Å²) >= 11 is 0. The number of hydrogen-bond acceptors (Lipinski definition) is 11. The van der Waals surface area contributed by atoms with E-state index in [0.717, 1.165) is 84.1 Å². The molecule has 4 N–H and O–H groups in total. The van der Waals surface area contributed by atoms with Gasteiger partial charge in [-0.25, -0.2) is 15.0 Å². The van der Waals surface area contributed by atoms with Gasteiger partial charge in [-0.2, -0.15) is 0 Å². The molecular formula is C53H51N11O2. The number of anilines is 2. The molecular weight excluding hydrogens is 823 g/mol. The highest BCUT2D eigenvalue weighted by atomic mass is 16.6. The number of imidazole rings is 1. The van der Waals surface area contributed by atoms with Crippen molar-refractivity contribution in [2.24, 2.45) is 5.92 Å². The van der Waals surface area contributed by atoms with Crippen LogP contribution in [-0.2, 0) is 25.8 Å². The maximum absolute atomic E-state index is 10.5. The van der Waals surface area contributed by atoms with Crippen LogP contribution < -0.4 is 11.5 Å². The van der Waals surface area contributed by atoms with E-state index in [9.17, 15) is 10.1 Å². The predicted molar refractivity (Wildman–Crippen MR) is 260 cm³/mol. The fourth-order valence-corrected chi connectivity index (χ4v) is 7.98. The summed E-state index contributed by atoms with van der Waals surface area (Å²) in [7, 11) is 0. The lowest BCUT2D eigenvalue weighted by atomic mass is 9.90. The third-order valence-electron chi connectivity index (χ3n) is 11.4. The van der Waals surface area contributed by atoms with Gasteiger partial charge < -0.3 is 11.5 Å². The van der Waals surface area contributed by atoms with Crippen LogP contribution >= 0.6 is 0 Å². The number of nitrogens with two attached hydrogens (primary N) is 2. The van der Waals surface area contributed by atoms with E-state index in [2.05, 4.69) is 76.9 Å². The quantitative estimate of drug-likeness (QED) is 0.0717. The minimum Gasteiger partial charge on any atom is -0.399 e. The molecule has 330 valence electrons. The third-order valence-corrected chi connectivity index (χ3v) is 11.4. The van der Waals surface area contributed by atoms with Gasteiger partial charge in [0.1, 0.15) is 17.0 Å². The second-order valence-corrected chi connectivity index (χ2v) is 16.2. The van der Waals surface area contributed by atoms with Crippen LogP contribution in [0.3, 0.4) is 0 Å². The fraction of sp³-hybridized carbons (Fsp3) is 0.170. The Morgan fingerprint density at radius 2 is 1.18 bits per heavy atom. The molecule has 0 atom stereocenters. The number of fused-ring (bicyclic) bond motifs is 1. The largest absolute Gasteiger partial charge is 0.399 e. The smallest absolute Gasteiger partial charge is 0.269 e. The Labute approximate surface area is 384 Å². The Morgan fingerprint density at radius 3 is 1.79 bits per heavy atom. The molecule has 1 saturated heterocycles. The van der Waals surface area contributed by atoms with E-state index in [4.69, 9.17) is 16.5 Å². The minimum atomic E-state index is -0.393. The van der Waals surface area contributed by atoms with Crippen LogP contribution in [0.5, 0.6) is 0 Å². The second kappa shape index (κ2) is 22.0. The van der Waals surface area contributed by atoms with Crippen molar-refractivity contribution in [1.29, 1.82) is 0 Å². The molecule has 1 aliphatic rings. The van der Waals surface area contributed by atoms with E-state index < -0.39 is 4.92 Å². The molecule has 7 heterocycles. The van der Waals surface area contributed by atoms with Crippen molar-refractivity contribution >= 4 is 28.4 Å². The molecule has 0 unspecified atom stereocenters. The average Bonchev–Trinajstić information content (AvgIpc) is 3.75. The second-order valence-electron chi connectivity index (χ2n) is 16.2. The van der Waals surface area contributed by atoms with Crippen LogP contribution in [0.15, 0.2) is 183 Å². The Balaban J connectivity index is 0.000000162. The summed E-state index contributed by atoms with van der Waals surface area (Å²) < 4.78 is 2.10. The first-order valence-corrected chi connectivity index (χ1v) is 22.0. The summed E-state index contributed by atoms with van der Waals surface area (Å²) in [6.45, 7) is 3.18. The lowest BCUT2D eigenvalue weighted by Gasteiger charge is -2.32. The van der Waals surface area contributed by atoms with Crippen molar-refractivity contribution in [3.05, 3.63) is 226 Å². The normalized spacial score (nSPS) is 12.7. The van der Waals surface area contributed by atoms with E-state index >= 15 is 0 Å².